The summed E-state index contributed by atoms with van der Waals surface area (Å²) >= 11 is 0. The van der Waals surface area contributed by atoms with E-state index in [2.05, 4.69) is 15.8 Å². The molecular formula is C21H28N4O4. The number of likely N-dealkylation sites (tertiary alicyclic amines) is 1. The summed E-state index contributed by atoms with van der Waals surface area (Å²) in [6.07, 6.45) is 1.25. The van der Waals surface area contributed by atoms with Gasteiger partial charge in [-0.15, -0.1) is 0 Å². The lowest BCUT2D eigenvalue weighted by Gasteiger charge is -2.30. The van der Waals surface area contributed by atoms with Gasteiger partial charge in [-0.1, -0.05) is 17.3 Å². The van der Waals surface area contributed by atoms with E-state index in [-0.39, 0.29) is 11.9 Å². The number of nitrogens with zero attached hydrogens (tertiary/aromatic N) is 2. The Balaban J connectivity index is 1.72. The second-order valence-corrected chi connectivity index (χ2v) is 7.65. The summed E-state index contributed by atoms with van der Waals surface area (Å²) < 4.78 is 10.4. The van der Waals surface area contributed by atoms with Crippen LogP contribution in [0.15, 0.2) is 28.8 Å². The van der Waals surface area contributed by atoms with Crippen molar-refractivity contribution in [1.82, 2.24) is 15.4 Å². The van der Waals surface area contributed by atoms with Gasteiger partial charge in [0.25, 0.3) is 5.91 Å². The van der Waals surface area contributed by atoms with Crippen LogP contribution in [0.2, 0.25) is 0 Å². The first-order valence-corrected chi connectivity index (χ1v) is 9.70. The summed E-state index contributed by atoms with van der Waals surface area (Å²) in [6.45, 7) is 6.88. The summed E-state index contributed by atoms with van der Waals surface area (Å²) in [7, 11) is 1.63. The zero-order chi connectivity index (χ0) is 21.0. The monoisotopic (exact) mass is 400 g/mol. The first-order chi connectivity index (χ1) is 13.8. The van der Waals surface area contributed by atoms with Crippen molar-refractivity contribution < 1.29 is 18.8 Å². The molecule has 156 valence electrons. The number of urea groups is 1. The molecule has 0 saturated carbocycles. The molecule has 29 heavy (non-hydrogen) atoms. The van der Waals surface area contributed by atoms with E-state index in [9.17, 15) is 9.59 Å². The summed E-state index contributed by atoms with van der Waals surface area (Å²) in [5.41, 5.74) is 2.31. The molecule has 1 saturated heterocycles. The lowest BCUT2D eigenvalue weighted by molar-refractivity contribution is 0.0770. The van der Waals surface area contributed by atoms with Gasteiger partial charge < -0.3 is 24.8 Å². The van der Waals surface area contributed by atoms with Crippen molar-refractivity contribution in [2.24, 2.45) is 0 Å². The Labute approximate surface area is 170 Å². The molecular weight excluding hydrogens is 372 g/mol. The lowest BCUT2D eigenvalue weighted by Crippen LogP contribution is -2.53. The molecule has 1 aliphatic rings. The minimum atomic E-state index is -0.557. The molecule has 3 rings (SSSR count). The van der Waals surface area contributed by atoms with Gasteiger partial charge in [0.2, 0.25) is 0 Å². The van der Waals surface area contributed by atoms with Crippen molar-refractivity contribution in [1.29, 1.82) is 0 Å². The van der Waals surface area contributed by atoms with E-state index < -0.39 is 5.54 Å². The topological polar surface area (TPSA) is 96.7 Å². The Hall–Kier alpha value is -2.87. The molecule has 2 heterocycles. The minimum Gasteiger partial charge on any atom is -0.385 e. The molecule has 0 spiro atoms. The first-order valence-electron chi connectivity index (χ1n) is 9.70. The molecule has 3 amide bonds. The molecule has 1 aromatic carbocycles. The van der Waals surface area contributed by atoms with Gasteiger partial charge in [-0.05, 0) is 51.3 Å². The van der Waals surface area contributed by atoms with Crippen molar-refractivity contribution in [2.45, 2.75) is 39.2 Å². The highest BCUT2D eigenvalue weighted by atomic mass is 16.5. The Morgan fingerprint density at radius 3 is 2.76 bits per heavy atom. The average molecular weight is 400 g/mol. The number of ether oxygens (including phenoxy) is 1. The second-order valence-electron chi connectivity index (χ2n) is 7.65. The molecule has 1 aromatic heterocycles. The van der Waals surface area contributed by atoms with Gasteiger partial charge in [0.1, 0.15) is 11.3 Å². The van der Waals surface area contributed by atoms with Gasteiger partial charge in [0.05, 0.1) is 11.2 Å². The third-order valence-corrected chi connectivity index (χ3v) is 5.33. The largest absolute Gasteiger partial charge is 0.385 e. The number of aryl methyl sites for hydroxylation is 3. The normalized spacial score (nSPS) is 18.7. The summed E-state index contributed by atoms with van der Waals surface area (Å²) in [5.74, 6) is 0.383. The number of anilines is 1. The number of hydrogen-bond acceptors (Lipinski definition) is 5. The number of carbonyl (C=O) groups excluding carboxylic acids is 2. The molecule has 1 atom stereocenters. The second kappa shape index (κ2) is 8.65. The number of nitrogens with one attached hydrogen (secondary N) is 2. The SMILES string of the molecule is COCCC1(NC(=O)Nc2cccc(C)c2)CCN(C(=O)c2c(C)noc2C)C1. The fourth-order valence-electron chi connectivity index (χ4n) is 3.78. The van der Waals surface area contributed by atoms with Crippen LogP contribution >= 0.6 is 0 Å². The molecule has 2 N–H and O–H groups in total. The van der Waals surface area contributed by atoms with Crippen molar-refractivity contribution >= 4 is 17.6 Å². The van der Waals surface area contributed by atoms with Crippen LogP contribution in [0.4, 0.5) is 10.5 Å². The fourth-order valence-corrected chi connectivity index (χ4v) is 3.78. The molecule has 1 aliphatic heterocycles. The van der Waals surface area contributed by atoms with Crippen molar-refractivity contribution in [3.8, 4) is 0 Å². The molecule has 0 radical (unpaired) electrons. The maximum atomic E-state index is 13.0. The van der Waals surface area contributed by atoms with E-state index in [4.69, 9.17) is 9.26 Å². The Morgan fingerprint density at radius 2 is 2.10 bits per heavy atom. The number of amides is 3. The van der Waals surface area contributed by atoms with E-state index in [0.717, 1.165) is 11.3 Å². The summed E-state index contributed by atoms with van der Waals surface area (Å²) in [6, 6.07) is 7.32. The Bertz CT molecular complexity index is 875. The number of hydrogen-bond donors (Lipinski definition) is 2. The number of methoxy groups -OCH3 is 1. The zero-order valence-electron chi connectivity index (χ0n) is 17.4. The highest BCUT2D eigenvalue weighted by Crippen LogP contribution is 2.28. The van der Waals surface area contributed by atoms with E-state index in [0.29, 0.717) is 49.6 Å². The number of aromatic nitrogens is 1. The predicted octanol–water partition coefficient (Wildman–Crippen LogP) is 3.04. The van der Waals surface area contributed by atoms with Gasteiger partial charge in [0.15, 0.2) is 0 Å². The summed E-state index contributed by atoms with van der Waals surface area (Å²) in [4.78, 5) is 27.4. The van der Waals surface area contributed by atoms with Gasteiger partial charge in [-0.3, -0.25) is 4.79 Å². The van der Waals surface area contributed by atoms with Crippen LogP contribution in [-0.2, 0) is 4.74 Å². The fraction of sp³-hybridized carbons (Fsp3) is 0.476. The minimum absolute atomic E-state index is 0.124. The predicted molar refractivity (Wildman–Crippen MR) is 109 cm³/mol. The van der Waals surface area contributed by atoms with Crippen LogP contribution < -0.4 is 10.6 Å². The third kappa shape index (κ3) is 4.76. The number of rotatable bonds is 6. The summed E-state index contributed by atoms with van der Waals surface area (Å²) in [5, 5.41) is 9.85. The van der Waals surface area contributed by atoms with E-state index >= 15 is 0 Å². The maximum Gasteiger partial charge on any atom is 0.319 e. The smallest absolute Gasteiger partial charge is 0.319 e. The van der Waals surface area contributed by atoms with Crippen molar-refractivity contribution in [2.75, 3.05) is 32.1 Å². The third-order valence-electron chi connectivity index (χ3n) is 5.33. The van der Waals surface area contributed by atoms with Crippen LogP contribution in [0.5, 0.6) is 0 Å². The van der Waals surface area contributed by atoms with E-state index in [1.54, 1.807) is 25.9 Å². The molecule has 8 nitrogen and oxygen atoms in total. The van der Waals surface area contributed by atoms with Crippen molar-refractivity contribution in [3.63, 3.8) is 0 Å². The van der Waals surface area contributed by atoms with Crippen LogP contribution in [0.25, 0.3) is 0 Å². The van der Waals surface area contributed by atoms with Gasteiger partial charge in [-0.25, -0.2) is 4.79 Å². The molecule has 1 fully saturated rings. The lowest BCUT2D eigenvalue weighted by atomic mass is 9.94. The Morgan fingerprint density at radius 1 is 1.31 bits per heavy atom. The Kier molecular flexibility index (Phi) is 6.22. The van der Waals surface area contributed by atoms with E-state index in [1.807, 2.05) is 31.2 Å². The number of carbonyl (C=O) groups is 2. The quantitative estimate of drug-likeness (QED) is 0.777. The molecule has 1 unspecified atom stereocenters. The van der Waals surface area contributed by atoms with Crippen molar-refractivity contribution in [3.05, 3.63) is 46.8 Å². The van der Waals surface area contributed by atoms with Gasteiger partial charge in [0, 0.05) is 32.5 Å². The first kappa shape index (κ1) is 20.9. The highest BCUT2D eigenvalue weighted by molar-refractivity contribution is 5.96. The van der Waals surface area contributed by atoms with Gasteiger partial charge in [-0.2, -0.15) is 0 Å². The highest BCUT2D eigenvalue weighted by Gasteiger charge is 2.42. The zero-order valence-corrected chi connectivity index (χ0v) is 17.4. The molecule has 2 aromatic rings. The molecule has 8 heteroatoms. The van der Waals surface area contributed by atoms with E-state index in [1.165, 1.54) is 0 Å². The molecule has 0 aliphatic carbocycles. The molecule has 0 bridgehead atoms. The van der Waals surface area contributed by atoms with Crippen LogP contribution in [0, 0.1) is 20.8 Å². The van der Waals surface area contributed by atoms with Crippen LogP contribution in [0.3, 0.4) is 0 Å². The standard InChI is InChI=1S/C21H28N4O4/c1-14-6-5-7-17(12-14)22-20(27)23-21(9-11-28-4)8-10-25(13-21)19(26)18-15(2)24-29-16(18)3/h5-7,12H,8-11,13H2,1-4H3,(H2,22,23,27). The van der Waals surface area contributed by atoms with Crippen LogP contribution in [0.1, 0.15) is 40.2 Å². The maximum absolute atomic E-state index is 13.0. The van der Waals surface area contributed by atoms with Crippen LogP contribution in [-0.4, -0.2) is 54.3 Å². The average Bonchev–Trinajstić information content (AvgIpc) is 3.23. The number of benzene rings is 1. The van der Waals surface area contributed by atoms with Gasteiger partial charge >= 0.3 is 6.03 Å².